The van der Waals surface area contributed by atoms with Gasteiger partial charge in [-0.05, 0) is 19.3 Å². The first kappa shape index (κ1) is 13.2. The highest BCUT2D eigenvalue weighted by Gasteiger charge is 2.06. The first-order valence-electron chi connectivity index (χ1n) is 5.96. The Morgan fingerprint density at radius 3 is 2.88 bits per heavy atom. The molecule has 0 aromatic carbocycles. The molecule has 0 amide bonds. The zero-order valence-corrected chi connectivity index (χ0v) is 10.2. The largest absolute Gasteiger partial charge is 0.393 e. The molecule has 1 aromatic heterocycles. The second-order valence-corrected chi connectivity index (χ2v) is 4.05. The maximum Gasteiger partial charge on any atom is 0.108 e. The van der Waals surface area contributed by atoms with Crippen molar-refractivity contribution in [3.8, 4) is 0 Å². The number of aryl methyl sites for hydroxylation is 2. The fraction of sp³-hybridized carbons (Fsp3) is 0.750. The molecule has 1 aromatic rings. The van der Waals surface area contributed by atoms with Gasteiger partial charge in [-0.1, -0.05) is 6.92 Å². The van der Waals surface area contributed by atoms with Crippen LogP contribution in [-0.4, -0.2) is 34.0 Å². The van der Waals surface area contributed by atoms with Crippen LogP contribution < -0.4 is 0 Å². The molecule has 92 valence electrons. The van der Waals surface area contributed by atoms with E-state index in [2.05, 4.69) is 11.9 Å². The molecule has 0 fully saturated rings. The molecular formula is C12H22N2O2. The van der Waals surface area contributed by atoms with Crippen molar-refractivity contribution < 1.29 is 9.84 Å². The summed E-state index contributed by atoms with van der Waals surface area (Å²) in [6.07, 6.45) is 6.73. The molecule has 0 aliphatic carbocycles. The van der Waals surface area contributed by atoms with E-state index >= 15 is 0 Å². The van der Waals surface area contributed by atoms with Crippen LogP contribution in [0.1, 0.15) is 32.0 Å². The predicted octanol–water partition coefficient (Wildman–Crippen LogP) is 1.53. The van der Waals surface area contributed by atoms with Crippen molar-refractivity contribution in [1.29, 1.82) is 0 Å². The van der Waals surface area contributed by atoms with Crippen LogP contribution in [0.25, 0.3) is 0 Å². The zero-order valence-electron chi connectivity index (χ0n) is 10.2. The minimum Gasteiger partial charge on any atom is -0.393 e. The Morgan fingerprint density at radius 1 is 1.44 bits per heavy atom. The molecule has 0 aliphatic heterocycles. The lowest BCUT2D eigenvalue weighted by molar-refractivity contribution is 0.0782. The average Bonchev–Trinajstić information content (AvgIpc) is 2.67. The maximum atomic E-state index is 9.72. The van der Waals surface area contributed by atoms with E-state index in [9.17, 15) is 5.11 Å². The molecule has 0 spiro atoms. The van der Waals surface area contributed by atoms with E-state index in [0.29, 0.717) is 13.0 Å². The number of aliphatic hydroxyl groups is 1. The predicted molar refractivity (Wildman–Crippen MR) is 63.3 cm³/mol. The second kappa shape index (κ2) is 7.41. The molecule has 1 atom stereocenters. The van der Waals surface area contributed by atoms with E-state index in [1.165, 1.54) is 0 Å². The second-order valence-electron chi connectivity index (χ2n) is 4.05. The third-order valence-corrected chi connectivity index (χ3v) is 2.57. The van der Waals surface area contributed by atoms with Gasteiger partial charge in [0.2, 0.25) is 0 Å². The first-order valence-corrected chi connectivity index (χ1v) is 5.96. The standard InChI is InChI=1S/C12H22N2O2/c1-3-9-16-10-6-11(15)4-5-12-13-7-8-14(12)2/h7-8,11,15H,3-6,9-10H2,1-2H3. The van der Waals surface area contributed by atoms with Crippen molar-refractivity contribution in [1.82, 2.24) is 9.55 Å². The molecular weight excluding hydrogens is 204 g/mol. The number of aliphatic hydroxyl groups excluding tert-OH is 1. The van der Waals surface area contributed by atoms with Gasteiger partial charge in [-0.2, -0.15) is 0 Å². The van der Waals surface area contributed by atoms with E-state index in [1.54, 1.807) is 6.20 Å². The Hall–Kier alpha value is -0.870. The Labute approximate surface area is 97.3 Å². The van der Waals surface area contributed by atoms with Crippen LogP contribution in [0.5, 0.6) is 0 Å². The molecule has 0 bridgehead atoms. The summed E-state index contributed by atoms with van der Waals surface area (Å²) in [5.74, 6) is 1.02. The average molecular weight is 226 g/mol. The fourth-order valence-corrected chi connectivity index (χ4v) is 1.54. The lowest BCUT2D eigenvalue weighted by Gasteiger charge is -2.10. The van der Waals surface area contributed by atoms with Gasteiger partial charge >= 0.3 is 0 Å². The summed E-state index contributed by atoms with van der Waals surface area (Å²) in [5.41, 5.74) is 0. The normalized spacial score (nSPS) is 12.9. The molecule has 4 heteroatoms. The lowest BCUT2D eigenvalue weighted by atomic mass is 10.1. The van der Waals surface area contributed by atoms with E-state index in [0.717, 1.165) is 31.7 Å². The van der Waals surface area contributed by atoms with Gasteiger partial charge < -0.3 is 14.4 Å². The quantitative estimate of drug-likeness (QED) is 0.684. The fourth-order valence-electron chi connectivity index (χ4n) is 1.54. The smallest absolute Gasteiger partial charge is 0.108 e. The molecule has 1 heterocycles. The van der Waals surface area contributed by atoms with Gasteiger partial charge in [-0.3, -0.25) is 0 Å². The van der Waals surface area contributed by atoms with Crippen LogP contribution in [0, 0.1) is 0 Å². The first-order chi connectivity index (χ1) is 7.74. The van der Waals surface area contributed by atoms with Gasteiger partial charge in [0, 0.05) is 39.1 Å². The molecule has 0 aliphatic rings. The minimum absolute atomic E-state index is 0.284. The van der Waals surface area contributed by atoms with E-state index < -0.39 is 0 Å². The van der Waals surface area contributed by atoms with Crippen molar-refractivity contribution in [2.45, 2.75) is 38.7 Å². The van der Waals surface area contributed by atoms with Gasteiger partial charge in [0.05, 0.1) is 6.10 Å². The van der Waals surface area contributed by atoms with Gasteiger partial charge in [-0.25, -0.2) is 4.98 Å². The Kier molecular flexibility index (Phi) is 6.11. The Balaban J connectivity index is 2.10. The monoisotopic (exact) mass is 226 g/mol. The molecule has 16 heavy (non-hydrogen) atoms. The van der Waals surface area contributed by atoms with Gasteiger partial charge in [0.25, 0.3) is 0 Å². The topological polar surface area (TPSA) is 47.3 Å². The molecule has 1 N–H and O–H groups in total. The van der Waals surface area contributed by atoms with E-state index in [4.69, 9.17) is 4.74 Å². The highest BCUT2D eigenvalue weighted by molar-refractivity contribution is 4.91. The molecule has 0 radical (unpaired) electrons. The van der Waals surface area contributed by atoms with Gasteiger partial charge in [0.1, 0.15) is 5.82 Å². The van der Waals surface area contributed by atoms with Crippen LogP contribution in [0.4, 0.5) is 0 Å². The van der Waals surface area contributed by atoms with Crippen molar-refractivity contribution >= 4 is 0 Å². The SMILES string of the molecule is CCCOCCC(O)CCc1nccn1C. The Morgan fingerprint density at radius 2 is 2.25 bits per heavy atom. The summed E-state index contributed by atoms with van der Waals surface area (Å²) in [7, 11) is 1.97. The lowest BCUT2D eigenvalue weighted by Crippen LogP contribution is -2.13. The number of rotatable bonds is 8. The van der Waals surface area contributed by atoms with E-state index in [1.807, 2.05) is 17.8 Å². The van der Waals surface area contributed by atoms with Gasteiger partial charge in [-0.15, -0.1) is 0 Å². The molecule has 1 unspecified atom stereocenters. The van der Waals surface area contributed by atoms with Crippen LogP contribution in [0.2, 0.25) is 0 Å². The summed E-state index contributed by atoms with van der Waals surface area (Å²) in [6, 6.07) is 0. The summed E-state index contributed by atoms with van der Waals surface area (Å²) >= 11 is 0. The number of aromatic nitrogens is 2. The molecule has 4 nitrogen and oxygen atoms in total. The Bertz CT molecular complexity index is 286. The highest BCUT2D eigenvalue weighted by Crippen LogP contribution is 2.05. The minimum atomic E-state index is -0.284. The third kappa shape index (κ3) is 4.77. The molecule has 0 saturated heterocycles. The number of imidazole rings is 1. The maximum absolute atomic E-state index is 9.72. The summed E-state index contributed by atoms with van der Waals surface area (Å²) in [5, 5.41) is 9.72. The van der Waals surface area contributed by atoms with Gasteiger partial charge in [0.15, 0.2) is 0 Å². The molecule has 0 saturated carbocycles. The van der Waals surface area contributed by atoms with Crippen molar-refractivity contribution in [2.75, 3.05) is 13.2 Å². The molecule has 1 rings (SSSR count). The summed E-state index contributed by atoms with van der Waals surface area (Å²) in [4.78, 5) is 4.22. The van der Waals surface area contributed by atoms with Crippen molar-refractivity contribution in [3.05, 3.63) is 18.2 Å². The summed E-state index contributed by atoms with van der Waals surface area (Å²) < 4.78 is 7.32. The van der Waals surface area contributed by atoms with E-state index in [-0.39, 0.29) is 6.10 Å². The third-order valence-electron chi connectivity index (χ3n) is 2.57. The highest BCUT2D eigenvalue weighted by atomic mass is 16.5. The van der Waals surface area contributed by atoms with Crippen LogP contribution in [0.3, 0.4) is 0 Å². The van der Waals surface area contributed by atoms with Crippen molar-refractivity contribution in [3.63, 3.8) is 0 Å². The number of ether oxygens (including phenoxy) is 1. The van der Waals surface area contributed by atoms with Crippen LogP contribution >= 0.6 is 0 Å². The number of hydrogen-bond acceptors (Lipinski definition) is 3. The summed E-state index contributed by atoms with van der Waals surface area (Å²) in [6.45, 7) is 3.51. The number of hydrogen-bond donors (Lipinski definition) is 1. The zero-order chi connectivity index (χ0) is 11.8. The van der Waals surface area contributed by atoms with Crippen LogP contribution in [-0.2, 0) is 18.2 Å². The number of nitrogens with zero attached hydrogens (tertiary/aromatic N) is 2. The van der Waals surface area contributed by atoms with Crippen LogP contribution in [0.15, 0.2) is 12.4 Å². The van der Waals surface area contributed by atoms with Crippen molar-refractivity contribution in [2.24, 2.45) is 7.05 Å².